The average molecular weight is 674 g/mol. The second kappa shape index (κ2) is 13.0. The molecule has 0 heterocycles. The molecule has 10 aromatic rings. The maximum Gasteiger partial charge on any atom is 0.0468 e. The van der Waals surface area contributed by atoms with Gasteiger partial charge in [0.25, 0.3) is 0 Å². The molecule has 0 bridgehead atoms. The Hall–Kier alpha value is -6.96. The van der Waals surface area contributed by atoms with Gasteiger partial charge in [0.05, 0.1) is 0 Å². The summed E-state index contributed by atoms with van der Waals surface area (Å²) in [5, 5.41) is 10.0. The van der Waals surface area contributed by atoms with Crippen molar-refractivity contribution < 1.29 is 0 Å². The largest absolute Gasteiger partial charge is 0.310 e. The van der Waals surface area contributed by atoms with Crippen molar-refractivity contribution in [1.29, 1.82) is 0 Å². The number of anilines is 3. The molecule has 1 nitrogen and oxygen atoms in total. The van der Waals surface area contributed by atoms with Crippen molar-refractivity contribution in [3.05, 3.63) is 212 Å². The van der Waals surface area contributed by atoms with Crippen LogP contribution >= 0.6 is 0 Å². The summed E-state index contributed by atoms with van der Waals surface area (Å²) < 4.78 is 0. The smallest absolute Gasteiger partial charge is 0.0468 e. The van der Waals surface area contributed by atoms with Crippen LogP contribution in [0, 0.1) is 0 Å². The molecule has 0 spiro atoms. The number of hydrogen-bond acceptors (Lipinski definition) is 1. The molecule has 0 saturated heterocycles. The van der Waals surface area contributed by atoms with Gasteiger partial charge >= 0.3 is 0 Å². The van der Waals surface area contributed by atoms with Crippen molar-refractivity contribution in [3.8, 4) is 33.4 Å². The van der Waals surface area contributed by atoms with E-state index in [0.29, 0.717) is 0 Å². The topological polar surface area (TPSA) is 3.24 Å². The minimum absolute atomic E-state index is 1.11. The normalized spacial score (nSPS) is 11.4. The molecule has 0 amide bonds. The first-order chi connectivity index (χ1) is 26.2. The molecule has 0 radical (unpaired) electrons. The van der Waals surface area contributed by atoms with Gasteiger partial charge in [0, 0.05) is 17.1 Å². The van der Waals surface area contributed by atoms with Crippen LogP contribution in [0.5, 0.6) is 0 Å². The van der Waals surface area contributed by atoms with Crippen LogP contribution < -0.4 is 4.90 Å². The fraction of sp³-hybridized carbons (Fsp3) is 0. The molecule has 0 aliphatic carbocycles. The summed E-state index contributed by atoms with van der Waals surface area (Å²) in [7, 11) is 0. The van der Waals surface area contributed by atoms with Gasteiger partial charge in [0.1, 0.15) is 0 Å². The highest BCUT2D eigenvalue weighted by Crippen LogP contribution is 2.41. The highest BCUT2D eigenvalue weighted by Gasteiger charge is 2.16. The molecular weight excluding hydrogens is 639 g/mol. The molecule has 10 aromatic carbocycles. The maximum absolute atomic E-state index is 2.39. The SMILES string of the molecule is c1ccc(-c2cc(-c3ccccc3)cc(-c3ccc(N(c4ccc5c(ccc6ccccc65)c4)c4ccc5c(ccc6ccccc65)c4)cc3)c2)cc1. The summed E-state index contributed by atoms with van der Waals surface area (Å²) in [6.07, 6.45) is 0. The number of rotatable bonds is 6. The van der Waals surface area contributed by atoms with Crippen LogP contribution in [0.4, 0.5) is 17.1 Å². The van der Waals surface area contributed by atoms with Crippen molar-refractivity contribution in [2.24, 2.45) is 0 Å². The second-order valence-electron chi connectivity index (χ2n) is 13.8. The van der Waals surface area contributed by atoms with Gasteiger partial charge in [0.2, 0.25) is 0 Å². The highest BCUT2D eigenvalue weighted by atomic mass is 15.1. The van der Waals surface area contributed by atoms with E-state index < -0.39 is 0 Å². The van der Waals surface area contributed by atoms with E-state index in [1.165, 1.54) is 76.5 Å². The third-order valence-corrected chi connectivity index (χ3v) is 10.6. The first kappa shape index (κ1) is 30.8. The molecule has 0 unspecified atom stereocenters. The number of benzene rings is 10. The van der Waals surface area contributed by atoms with Gasteiger partial charge in [-0.3, -0.25) is 0 Å². The van der Waals surface area contributed by atoms with Crippen LogP contribution in [-0.4, -0.2) is 0 Å². The summed E-state index contributed by atoms with van der Waals surface area (Å²) in [4.78, 5) is 2.39. The van der Waals surface area contributed by atoms with Crippen molar-refractivity contribution in [2.45, 2.75) is 0 Å². The molecule has 0 aliphatic rings. The molecular formula is C52H35N. The Bertz CT molecular complexity index is 2750. The van der Waals surface area contributed by atoms with Crippen LogP contribution in [0.2, 0.25) is 0 Å². The Kier molecular flexibility index (Phi) is 7.55. The molecule has 53 heavy (non-hydrogen) atoms. The first-order valence-electron chi connectivity index (χ1n) is 18.2. The van der Waals surface area contributed by atoms with Crippen LogP contribution in [0.15, 0.2) is 212 Å². The van der Waals surface area contributed by atoms with Gasteiger partial charge in [-0.15, -0.1) is 0 Å². The van der Waals surface area contributed by atoms with Gasteiger partial charge in [-0.05, 0) is 131 Å². The minimum atomic E-state index is 1.11. The number of fused-ring (bicyclic) bond motifs is 6. The Balaban J connectivity index is 1.11. The lowest BCUT2D eigenvalue weighted by molar-refractivity contribution is 1.29. The van der Waals surface area contributed by atoms with Crippen LogP contribution in [0.3, 0.4) is 0 Å². The summed E-state index contributed by atoms with van der Waals surface area (Å²) in [5.41, 5.74) is 10.6. The molecule has 0 aliphatic heterocycles. The van der Waals surface area contributed by atoms with Gasteiger partial charge in [0.15, 0.2) is 0 Å². The first-order valence-corrected chi connectivity index (χ1v) is 18.2. The van der Waals surface area contributed by atoms with Crippen molar-refractivity contribution in [3.63, 3.8) is 0 Å². The van der Waals surface area contributed by atoms with E-state index in [0.717, 1.165) is 17.1 Å². The molecule has 0 atom stereocenters. The number of hydrogen-bond donors (Lipinski definition) is 0. The maximum atomic E-state index is 2.39. The van der Waals surface area contributed by atoms with E-state index in [2.05, 4.69) is 217 Å². The van der Waals surface area contributed by atoms with Crippen molar-refractivity contribution >= 4 is 60.2 Å². The Morgan fingerprint density at radius 1 is 0.208 bits per heavy atom. The molecule has 248 valence electrons. The summed E-state index contributed by atoms with van der Waals surface area (Å²) in [6, 6.07) is 77.3. The van der Waals surface area contributed by atoms with E-state index >= 15 is 0 Å². The lowest BCUT2D eigenvalue weighted by Crippen LogP contribution is -2.10. The van der Waals surface area contributed by atoms with Gasteiger partial charge in [-0.1, -0.05) is 158 Å². The molecule has 0 saturated carbocycles. The van der Waals surface area contributed by atoms with E-state index in [4.69, 9.17) is 0 Å². The standard InChI is InChI=1S/C52H35N/c1-3-11-36(12-4-1)43-31-44(37-13-5-2-6-14-37)33-45(32-43)38-23-25-46(26-24-38)53(47-27-29-51-41(34-47)21-19-39-15-7-9-17-49(39)51)48-28-30-52-42(35-48)22-20-40-16-8-10-18-50(40)52/h1-35H. The lowest BCUT2D eigenvalue weighted by Gasteiger charge is -2.27. The average Bonchev–Trinajstić information content (AvgIpc) is 3.24. The molecule has 0 aromatic heterocycles. The monoisotopic (exact) mass is 673 g/mol. The second-order valence-corrected chi connectivity index (χ2v) is 13.8. The van der Waals surface area contributed by atoms with Gasteiger partial charge in [-0.2, -0.15) is 0 Å². The molecule has 10 rings (SSSR count). The summed E-state index contributed by atoms with van der Waals surface area (Å²) in [6.45, 7) is 0. The fourth-order valence-corrected chi connectivity index (χ4v) is 7.92. The predicted octanol–water partition coefficient (Wildman–Crippen LogP) is 14.8. The molecule has 1 heteroatoms. The quantitative estimate of drug-likeness (QED) is 0.159. The predicted molar refractivity (Wildman–Crippen MR) is 227 cm³/mol. The third kappa shape index (κ3) is 5.69. The Morgan fingerprint density at radius 2 is 0.566 bits per heavy atom. The van der Waals surface area contributed by atoms with Crippen LogP contribution in [-0.2, 0) is 0 Å². The van der Waals surface area contributed by atoms with Gasteiger partial charge < -0.3 is 4.90 Å². The fourth-order valence-electron chi connectivity index (χ4n) is 7.92. The highest BCUT2D eigenvalue weighted by molar-refractivity contribution is 6.10. The van der Waals surface area contributed by atoms with Crippen LogP contribution in [0.1, 0.15) is 0 Å². The van der Waals surface area contributed by atoms with E-state index in [1.54, 1.807) is 0 Å². The lowest BCUT2D eigenvalue weighted by atomic mass is 9.93. The summed E-state index contributed by atoms with van der Waals surface area (Å²) >= 11 is 0. The van der Waals surface area contributed by atoms with Crippen LogP contribution in [0.25, 0.3) is 76.5 Å². The van der Waals surface area contributed by atoms with E-state index in [9.17, 15) is 0 Å². The van der Waals surface area contributed by atoms with E-state index in [1.807, 2.05) is 0 Å². The summed E-state index contributed by atoms with van der Waals surface area (Å²) in [5.74, 6) is 0. The Labute approximate surface area is 309 Å². The Morgan fingerprint density at radius 3 is 1.04 bits per heavy atom. The van der Waals surface area contributed by atoms with Crippen molar-refractivity contribution in [2.75, 3.05) is 4.90 Å². The van der Waals surface area contributed by atoms with E-state index in [-0.39, 0.29) is 0 Å². The zero-order valence-corrected chi connectivity index (χ0v) is 29.2. The molecule has 0 N–H and O–H groups in total. The van der Waals surface area contributed by atoms with Gasteiger partial charge in [-0.25, -0.2) is 0 Å². The zero-order valence-electron chi connectivity index (χ0n) is 29.2. The molecule has 0 fully saturated rings. The minimum Gasteiger partial charge on any atom is -0.310 e. The number of nitrogens with zero attached hydrogens (tertiary/aromatic N) is 1. The third-order valence-electron chi connectivity index (χ3n) is 10.6. The van der Waals surface area contributed by atoms with Crippen molar-refractivity contribution in [1.82, 2.24) is 0 Å². The zero-order chi connectivity index (χ0) is 35.1.